The summed E-state index contributed by atoms with van der Waals surface area (Å²) >= 11 is 1.62. The van der Waals surface area contributed by atoms with Crippen molar-refractivity contribution in [1.82, 2.24) is 24.6 Å². The van der Waals surface area contributed by atoms with Crippen LogP contribution in [-0.4, -0.2) is 63.8 Å². The maximum atomic E-state index is 12.3. The maximum absolute atomic E-state index is 12.3. The third-order valence-corrected chi connectivity index (χ3v) is 5.11. The van der Waals surface area contributed by atoms with Crippen LogP contribution in [0.5, 0.6) is 0 Å². The molecule has 0 saturated carbocycles. The molecule has 0 unspecified atom stereocenters. The van der Waals surface area contributed by atoms with Crippen LogP contribution in [0, 0.1) is 0 Å². The van der Waals surface area contributed by atoms with Crippen LogP contribution in [0.15, 0.2) is 35.7 Å². The van der Waals surface area contributed by atoms with Crippen molar-refractivity contribution in [2.75, 3.05) is 38.5 Å². The number of amides is 2. The number of aromatic nitrogens is 3. The van der Waals surface area contributed by atoms with E-state index in [1.807, 2.05) is 34.7 Å². The fraction of sp³-hybridized carbons (Fsp3) is 0.438. The van der Waals surface area contributed by atoms with Crippen LogP contribution in [0.2, 0.25) is 0 Å². The molecule has 1 saturated heterocycles. The molecule has 8 heteroatoms. The Hall–Kier alpha value is -2.06. The highest BCUT2D eigenvalue weighted by atomic mass is 32.2. The van der Waals surface area contributed by atoms with E-state index < -0.39 is 0 Å². The molecule has 0 aliphatic carbocycles. The summed E-state index contributed by atoms with van der Waals surface area (Å²) in [6.45, 7) is 3.37. The van der Waals surface area contributed by atoms with Gasteiger partial charge in [0.25, 0.3) is 0 Å². The van der Waals surface area contributed by atoms with Gasteiger partial charge in [-0.05, 0) is 24.7 Å². The largest absolute Gasteiger partial charge is 0.322 e. The minimum absolute atomic E-state index is 0.0267. The lowest BCUT2D eigenvalue weighted by Crippen LogP contribution is -2.48. The Morgan fingerprint density at radius 3 is 2.75 bits per heavy atom. The lowest BCUT2D eigenvalue weighted by molar-refractivity contribution is 0.164. The van der Waals surface area contributed by atoms with Crippen LogP contribution < -0.4 is 5.32 Å². The molecule has 0 radical (unpaired) electrons. The van der Waals surface area contributed by atoms with E-state index in [1.165, 1.54) is 0 Å². The fourth-order valence-corrected chi connectivity index (χ4v) is 3.33. The second-order valence-electron chi connectivity index (χ2n) is 5.93. The Bertz CT molecular complexity index is 695. The van der Waals surface area contributed by atoms with Gasteiger partial charge in [-0.3, -0.25) is 0 Å². The molecule has 0 bridgehead atoms. The molecule has 1 fully saturated rings. The first-order valence-corrected chi connectivity index (χ1v) is 8.90. The van der Waals surface area contributed by atoms with E-state index in [4.69, 9.17) is 0 Å². The molecule has 2 amide bonds. The van der Waals surface area contributed by atoms with Gasteiger partial charge in [-0.25, -0.2) is 4.79 Å². The SMILES string of the molecule is CN1CCN(C(=O)Nc2cccc(CSc3nncn3C)c2)CC1. The molecule has 2 heterocycles. The summed E-state index contributed by atoms with van der Waals surface area (Å²) in [6, 6.07) is 7.92. The third-order valence-electron chi connectivity index (χ3n) is 4.01. The molecule has 1 aromatic carbocycles. The van der Waals surface area contributed by atoms with Gasteiger partial charge < -0.3 is 19.7 Å². The highest BCUT2D eigenvalue weighted by molar-refractivity contribution is 7.98. The van der Waals surface area contributed by atoms with Gasteiger partial charge in [0.05, 0.1) is 0 Å². The number of benzene rings is 1. The van der Waals surface area contributed by atoms with E-state index in [9.17, 15) is 4.79 Å². The zero-order valence-electron chi connectivity index (χ0n) is 14.0. The molecule has 1 aliphatic rings. The quantitative estimate of drug-likeness (QED) is 0.857. The normalized spacial score (nSPS) is 15.5. The maximum Gasteiger partial charge on any atom is 0.321 e. The van der Waals surface area contributed by atoms with Gasteiger partial charge in [-0.1, -0.05) is 23.9 Å². The van der Waals surface area contributed by atoms with Crippen molar-refractivity contribution in [2.45, 2.75) is 10.9 Å². The second kappa shape index (κ2) is 7.67. The topological polar surface area (TPSA) is 66.3 Å². The number of nitrogens with one attached hydrogen (secondary N) is 1. The molecule has 2 aromatic rings. The van der Waals surface area contributed by atoms with Crippen molar-refractivity contribution < 1.29 is 4.79 Å². The molecule has 0 spiro atoms. The van der Waals surface area contributed by atoms with E-state index >= 15 is 0 Å². The van der Waals surface area contributed by atoms with Gasteiger partial charge in [0.15, 0.2) is 5.16 Å². The number of carbonyl (C=O) groups excluding carboxylic acids is 1. The highest BCUT2D eigenvalue weighted by Gasteiger charge is 2.18. The van der Waals surface area contributed by atoms with Crippen LogP contribution in [0.4, 0.5) is 10.5 Å². The molecule has 3 rings (SSSR count). The van der Waals surface area contributed by atoms with Crippen molar-refractivity contribution in [3.05, 3.63) is 36.2 Å². The van der Waals surface area contributed by atoms with Crippen LogP contribution >= 0.6 is 11.8 Å². The molecular weight excluding hydrogens is 324 g/mol. The van der Waals surface area contributed by atoms with Crippen LogP contribution in [0.1, 0.15) is 5.56 Å². The summed E-state index contributed by atoms with van der Waals surface area (Å²) in [6.07, 6.45) is 1.69. The first-order chi connectivity index (χ1) is 11.6. The number of thioether (sulfide) groups is 1. The standard InChI is InChI=1S/C16H22N6OS/c1-20-6-8-22(9-7-20)15(23)18-14-5-3-4-13(10-14)11-24-16-19-17-12-21(16)2/h3-5,10,12H,6-9,11H2,1-2H3,(H,18,23). The van der Waals surface area contributed by atoms with Gasteiger partial charge in [-0.15, -0.1) is 10.2 Å². The molecule has 1 aromatic heterocycles. The Labute approximate surface area is 146 Å². The van der Waals surface area contributed by atoms with Gasteiger partial charge in [0.1, 0.15) is 6.33 Å². The number of rotatable bonds is 4. The number of likely N-dealkylation sites (N-methyl/N-ethyl adjacent to an activating group) is 1. The first-order valence-electron chi connectivity index (χ1n) is 7.92. The van der Waals surface area contributed by atoms with Gasteiger partial charge in [0.2, 0.25) is 0 Å². The van der Waals surface area contributed by atoms with Crippen LogP contribution in [0.3, 0.4) is 0 Å². The van der Waals surface area contributed by atoms with E-state index in [1.54, 1.807) is 18.1 Å². The summed E-state index contributed by atoms with van der Waals surface area (Å²) in [4.78, 5) is 16.4. The summed E-state index contributed by atoms with van der Waals surface area (Å²) in [5.41, 5.74) is 1.97. The first kappa shape index (κ1) is 16.8. The molecule has 24 heavy (non-hydrogen) atoms. The number of carbonyl (C=O) groups is 1. The Morgan fingerprint density at radius 2 is 2.04 bits per heavy atom. The van der Waals surface area contributed by atoms with Gasteiger partial charge in [0, 0.05) is 44.7 Å². The van der Waals surface area contributed by atoms with E-state index in [0.717, 1.165) is 48.3 Å². The predicted molar refractivity (Wildman–Crippen MR) is 95.1 cm³/mol. The summed E-state index contributed by atoms with van der Waals surface area (Å²) in [5.74, 6) is 0.782. The number of anilines is 1. The summed E-state index contributed by atoms with van der Waals surface area (Å²) in [5, 5.41) is 11.8. The van der Waals surface area contributed by atoms with Gasteiger partial charge in [-0.2, -0.15) is 0 Å². The summed E-state index contributed by atoms with van der Waals surface area (Å²) in [7, 11) is 4.00. The second-order valence-corrected chi connectivity index (χ2v) is 6.88. The van der Waals surface area contributed by atoms with E-state index in [2.05, 4.69) is 33.5 Å². The molecule has 128 valence electrons. The minimum atomic E-state index is -0.0267. The number of aryl methyl sites for hydroxylation is 1. The number of piperazine rings is 1. The van der Waals surface area contributed by atoms with Crippen LogP contribution in [-0.2, 0) is 12.8 Å². The highest BCUT2D eigenvalue weighted by Crippen LogP contribution is 2.22. The molecule has 7 nitrogen and oxygen atoms in total. The number of hydrogen-bond acceptors (Lipinski definition) is 5. The fourth-order valence-electron chi connectivity index (χ4n) is 2.50. The smallest absolute Gasteiger partial charge is 0.321 e. The van der Waals surface area contributed by atoms with Crippen molar-refractivity contribution in [2.24, 2.45) is 7.05 Å². The average molecular weight is 346 g/mol. The average Bonchev–Trinajstić information content (AvgIpc) is 2.99. The zero-order valence-corrected chi connectivity index (χ0v) is 14.8. The lowest BCUT2D eigenvalue weighted by Gasteiger charge is -2.32. The number of hydrogen-bond donors (Lipinski definition) is 1. The molecular formula is C16H22N6OS. The van der Waals surface area contributed by atoms with Crippen molar-refractivity contribution >= 4 is 23.5 Å². The Kier molecular flexibility index (Phi) is 5.37. The van der Waals surface area contributed by atoms with Crippen molar-refractivity contribution in [3.63, 3.8) is 0 Å². The molecule has 1 N–H and O–H groups in total. The zero-order chi connectivity index (χ0) is 16.9. The Balaban J connectivity index is 1.56. The van der Waals surface area contributed by atoms with E-state index in [-0.39, 0.29) is 6.03 Å². The lowest BCUT2D eigenvalue weighted by atomic mass is 10.2. The summed E-state index contributed by atoms with van der Waals surface area (Å²) < 4.78 is 1.89. The predicted octanol–water partition coefficient (Wildman–Crippen LogP) is 1.89. The van der Waals surface area contributed by atoms with Crippen LogP contribution in [0.25, 0.3) is 0 Å². The molecule has 0 atom stereocenters. The minimum Gasteiger partial charge on any atom is -0.322 e. The van der Waals surface area contributed by atoms with Gasteiger partial charge >= 0.3 is 6.03 Å². The van der Waals surface area contributed by atoms with Crippen molar-refractivity contribution in [3.8, 4) is 0 Å². The number of urea groups is 1. The van der Waals surface area contributed by atoms with E-state index in [0.29, 0.717) is 0 Å². The number of nitrogens with zero attached hydrogens (tertiary/aromatic N) is 5. The monoisotopic (exact) mass is 346 g/mol. The van der Waals surface area contributed by atoms with Crippen molar-refractivity contribution in [1.29, 1.82) is 0 Å². The molecule has 1 aliphatic heterocycles. The Morgan fingerprint density at radius 1 is 1.25 bits per heavy atom. The third kappa shape index (κ3) is 4.27.